The Bertz CT molecular complexity index is 711. The van der Waals surface area contributed by atoms with Gasteiger partial charge in [-0.2, -0.15) is 5.26 Å². The van der Waals surface area contributed by atoms with E-state index in [0.717, 1.165) is 44.2 Å². The van der Waals surface area contributed by atoms with E-state index in [1.807, 2.05) is 16.1 Å². The van der Waals surface area contributed by atoms with Gasteiger partial charge in [0.25, 0.3) is 0 Å². The maximum atomic E-state index is 13.1. The molecule has 2 amide bonds. The number of piperidine rings is 1. The van der Waals surface area contributed by atoms with Gasteiger partial charge in [-0.05, 0) is 44.4 Å². The number of rotatable bonds is 5. The van der Waals surface area contributed by atoms with Gasteiger partial charge in [-0.1, -0.05) is 19.3 Å². The Labute approximate surface area is 172 Å². The van der Waals surface area contributed by atoms with Crippen molar-refractivity contribution in [3.8, 4) is 6.07 Å². The monoisotopic (exact) mass is 400 g/mol. The highest BCUT2D eigenvalue weighted by Crippen LogP contribution is 2.41. The van der Waals surface area contributed by atoms with Gasteiger partial charge in [0, 0.05) is 32.1 Å². The molecule has 8 heteroatoms. The van der Waals surface area contributed by atoms with E-state index in [1.165, 1.54) is 19.3 Å². The van der Waals surface area contributed by atoms with Crippen LogP contribution >= 0.6 is 0 Å². The summed E-state index contributed by atoms with van der Waals surface area (Å²) < 4.78 is 0. The average molecular weight is 401 g/mol. The SMILES string of the molecule is CC(=O)N1CCC(C(=O)N[C@H](C2=CN(C3(C#N)CC3)NN2)C2CCCCC2)CC1. The lowest BCUT2D eigenvalue weighted by molar-refractivity contribution is -0.134. The fourth-order valence-corrected chi connectivity index (χ4v) is 4.89. The third-order valence-corrected chi connectivity index (χ3v) is 7.05. The third kappa shape index (κ3) is 4.20. The Balaban J connectivity index is 1.44. The molecule has 2 heterocycles. The second-order valence-electron chi connectivity index (χ2n) is 9.00. The lowest BCUT2D eigenvalue weighted by atomic mass is 9.82. The lowest BCUT2D eigenvalue weighted by Crippen LogP contribution is -2.50. The predicted molar refractivity (Wildman–Crippen MR) is 107 cm³/mol. The number of carbonyl (C=O) groups excluding carboxylic acids is 2. The van der Waals surface area contributed by atoms with Crippen molar-refractivity contribution < 1.29 is 9.59 Å². The van der Waals surface area contributed by atoms with E-state index >= 15 is 0 Å². The summed E-state index contributed by atoms with van der Waals surface area (Å²) in [5.41, 5.74) is 6.86. The zero-order valence-corrected chi connectivity index (χ0v) is 17.2. The highest BCUT2D eigenvalue weighted by atomic mass is 16.2. The standard InChI is InChI=1S/C21H32N6O2/c1-15(28)26-11-7-17(8-12-26)20(29)23-19(16-5-3-2-4-6-16)18-13-27(25-24-18)21(14-22)9-10-21/h13,16-17,19,24-25H,2-12H2,1H3,(H,23,29)/t19-/m0/s1. The number of hydrogen-bond acceptors (Lipinski definition) is 6. The smallest absolute Gasteiger partial charge is 0.223 e. The van der Waals surface area contributed by atoms with Crippen molar-refractivity contribution >= 4 is 11.8 Å². The minimum absolute atomic E-state index is 0.0448. The van der Waals surface area contributed by atoms with Crippen LogP contribution in [0.25, 0.3) is 0 Å². The minimum atomic E-state index is -0.449. The average Bonchev–Trinajstić information content (AvgIpc) is 3.41. The first-order chi connectivity index (χ1) is 14.0. The minimum Gasteiger partial charge on any atom is -0.347 e. The van der Waals surface area contributed by atoms with Gasteiger partial charge < -0.3 is 15.6 Å². The van der Waals surface area contributed by atoms with E-state index < -0.39 is 5.54 Å². The van der Waals surface area contributed by atoms with Crippen LogP contribution in [0, 0.1) is 23.2 Å². The Morgan fingerprint density at radius 2 is 1.90 bits per heavy atom. The van der Waals surface area contributed by atoms with Gasteiger partial charge in [0.1, 0.15) is 5.54 Å². The Kier molecular flexibility index (Phi) is 5.68. The first-order valence-corrected chi connectivity index (χ1v) is 11.0. The molecule has 2 aliphatic heterocycles. The number of likely N-dealkylation sites (tertiary alicyclic amines) is 1. The summed E-state index contributed by atoms with van der Waals surface area (Å²) >= 11 is 0. The van der Waals surface area contributed by atoms with Gasteiger partial charge >= 0.3 is 0 Å². The van der Waals surface area contributed by atoms with Crippen LogP contribution in [0.2, 0.25) is 0 Å². The first kappa shape index (κ1) is 20.0. The number of amides is 2. The largest absolute Gasteiger partial charge is 0.347 e. The first-order valence-electron chi connectivity index (χ1n) is 11.0. The normalized spacial score (nSPS) is 25.6. The number of carbonyl (C=O) groups is 2. The Morgan fingerprint density at radius 1 is 1.21 bits per heavy atom. The highest BCUT2D eigenvalue weighted by Gasteiger charge is 2.50. The van der Waals surface area contributed by atoms with Crippen LogP contribution in [-0.4, -0.2) is 46.4 Å². The van der Waals surface area contributed by atoms with Crippen molar-refractivity contribution in [2.45, 2.75) is 76.3 Å². The third-order valence-electron chi connectivity index (χ3n) is 7.05. The quantitative estimate of drug-likeness (QED) is 0.647. The molecule has 0 unspecified atom stereocenters. The van der Waals surface area contributed by atoms with E-state index in [2.05, 4.69) is 22.3 Å². The zero-order valence-electron chi connectivity index (χ0n) is 17.2. The summed E-state index contributed by atoms with van der Waals surface area (Å²) in [7, 11) is 0. The number of nitriles is 1. The number of hydrazine groups is 2. The fourth-order valence-electron chi connectivity index (χ4n) is 4.89. The summed E-state index contributed by atoms with van der Waals surface area (Å²) in [6.07, 6.45) is 11.0. The summed E-state index contributed by atoms with van der Waals surface area (Å²) in [5.74, 6) is 0.535. The molecule has 1 atom stereocenters. The molecule has 2 aliphatic carbocycles. The van der Waals surface area contributed by atoms with Crippen molar-refractivity contribution in [3.63, 3.8) is 0 Å². The molecule has 158 valence electrons. The topological polar surface area (TPSA) is 100 Å². The summed E-state index contributed by atoms with van der Waals surface area (Å²) in [6.45, 7) is 2.90. The molecule has 0 radical (unpaired) electrons. The fraction of sp³-hybridized carbons (Fsp3) is 0.762. The van der Waals surface area contributed by atoms with E-state index in [4.69, 9.17) is 0 Å². The molecule has 0 spiro atoms. The van der Waals surface area contributed by atoms with Gasteiger partial charge in [-0.15, -0.1) is 5.53 Å². The van der Waals surface area contributed by atoms with Crippen molar-refractivity contribution in [2.24, 2.45) is 11.8 Å². The van der Waals surface area contributed by atoms with Crippen LogP contribution in [0.4, 0.5) is 0 Å². The molecule has 0 aromatic carbocycles. The van der Waals surface area contributed by atoms with Gasteiger partial charge in [-0.3, -0.25) is 14.6 Å². The van der Waals surface area contributed by atoms with Crippen LogP contribution in [-0.2, 0) is 9.59 Å². The van der Waals surface area contributed by atoms with Gasteiger partial charge in [-0.25, -0.2) is 0 Å². The molecule has 3 N–H and O–H groups in total. The van der Waals surface area contributed by atoms with Crippen molar-refractivity contribution in [1.29, 1.82) is 5.26 Å². The maximum Gasteiger partial charge on any atom is 0.223 e. The molecule has 2 saturated carbocycles. The number of nitrogens with zero attached hydrogens (tertiary/aromatic N) is 3. The van der Waals surface area contributed by atoms with E-state index in [1.54, 1.807) is 6.92 Å². The van der Waals surface area contributed by atoms with Crippen molar-refractivity contribution in [3.05, 3.63) is 11.9 Å². The molecule has 4 rings (SSSR count). The van der Waals surface area contributed by atoms with E-state index in [-0.39, 0.29) is 23.8 Å². The number of hydrogen-bond donors (Lipinski definition) is 3. The molecule has 0 aromatic rings. The zero-order chi connectivity index (χ0) is 20.4. The van der Waals surface area contributed by atoms with Gasteiger partial charge in [0.2, 0.25) is 11.8 Å². The summed E-state index contributed by atoms with van der Waals surface area (Å²) in [5, 5.41) is 14.7. The molecular weight excluding hydrogens is 368 g/mol. The van der Waals surface area contributed by atoms with Crippen molar-refractivity contribution in [1.82, 2.24) is 26.2 Å². The molecule has 1 saturated heterocycles. The number of nitrogens with one attached hydrogen (secondary N) is 3. The second-order valence-corrected chi connectivity index (χ2v) is 9.00. The molecule has 3 fully saturated rings. The molecule has 8 nitrogen and oxygen atoms in total. The van der Waals surface area contributed by atoms with Crippen molar-refractivity contribution in [2.75, 3.05) is 13.1 Å². The molecular formula is C21H32N6O2. The summed E-state index contributed by atoms with van der Waals surface area (Å²) in [4.78, 5) is 26.4. The van der Waals surface area contributed by atoms with Crippen LogP contribution in [0.15, 0.2) is 11.9 Å². The maximum absolute atomic E-state index is 13.1. The Morgan fingerprint density at radius 3 is 2.48 bits per heavy atom. The summed E-state index contributed by atoms with van der Waals surface area (Å²) in [6, 6.07) is 2.33. The van der Waals surface area contributed by atoms with Gasteiger partial charge in [0.05, 0.1) is 17.8 Å². The highest BCUT2D eigenvalue weighted by molar-refractivity contribution is 5.80. The van der Waals surface area contributed by atoms with Crippen LogP contribution < -0.4 is 16.3 Å². The van der Waals surface area contributed by atoms with Crippen LogP contribution in [0.1, 0.15) is 64.7 Å². The second kappa shape index (κ2) is 8.23. The van der Waals surface area contributed by atoms with Crippen LogP contribution in [0.3, 0.4) is 0 Å². The molecule has 0 bridgehead atoms. The molecule has 4 aliphatic rings. The van der Waals surface area contributed by atoms with Crippen LogP contribution in [0.5, 0.6) is 0 Å². The molecule has 29 heavy (non-hydrogen) atoms. The lowest BCUT2D eigenvalue weighted by Gasteiger charge is -2.34. The molecule has 0 aromatic heterocycles. The predicted octanol–water partition coefficient (Wildman–Crippen LogP) is 1.53. The Hall–Kier alpha value is -2.27. The van der Waals surface area contributed by atoms with E-state index in [9.17, 15) is 14.9 Å². The van der Waals surface area contributed by atoms with Gasteiger partial charge in [0.15, 0.2) is 0 Å². The van der Waals surface area contributed by atoms with E-state index in [0.29, 0.717) is 19.0 Å².